The van der Waals surface area contributed by atoms with Gasteiger partial charge in [0, 0.05) is 6.04 Å². The number of aromatic nitrogens is 2. The molecular weight excluding hydrogens is 240 g/mol. The van der Waals surface area contributed by atoms with Crippen LogP contribution in [0.15, 0.2) is 0 Å². The monoisotopic (exact) mass is 262 g/mol. The van der Waals surface area contributed by atoms with Gasteiger partial charge in [-0.2, -0.15) is 5.10 Å². The van der Waals surface area contributed by atoms with Crippen LogP contribution >= 0.6 is 0 Å². The average molecular weight is 262 g/mol. The van der Waals surface area contributed by atoms with Crippen LogP contribution in [0, 0.1) is 24.7 Å². The minimum absolute atomic E-state index is 0.155. The van der Waals surface area contributed by atoms with Gasteiger partial charge in [0.1, 0.15) is 0 Å². The number of nitrogens with two attached hydrogens (primary N) is 1. The Kier molecular flexibility index (Phi) is 2.99. The molecule has 104 valence electrons. The van der Waals surface area contributed by atoms with Gasteiger partial charge in [-0.3, -0.25) is 9.89 Å². The Morgan fingerprint density at radius 3 is 2.79 bits per heavy atom. The molecule has 0 aromatic carbocycles. The molecule has 3 rings (SSSR count). The Morgan fingerprint density at radius 2 is 2.26 bits per heavy atom. The van der Waals surface area contributed by atoms with E-state index in [0.717, 1.165) is 17.5 Å². The average Bonchev–Trinajstić information content (AvgIpc) is 3.06. The predicted octanol–water partition coefficient (Wildman–Crippen LogP) is 1.85. The molecule has 2 aliphatic rings. The van der Waals surface area contributed by atoms with Crippen molar-refractivity contribution in [3.8, 4) is 0 Å². The molecular formula is C14H22N4O. The predicted molar refractivity (Wildman–Crippen MR) is 73.6 cm³/mol. The lowest BCUT2D eigenvalue weighted by atomic mass is 9.84. The Hall–Kier alpha value is -1.52. The highest BCUT2D eigenvalue weighted by Crippen LogP contribution is 2.49. The molecule has 4 N–H and O–H groups in total. The van der Waals surface area contributed by atoms with Crippen molar-refractivity contribution in [2.24, 2.45) is 17.8 Å². The summed E-state index contributed by atoms with van der Waals surface area (Å²) in [5, 5.41) is 9.81. The molecule has 0 spiro atoms. The zero-order chi connectivity index (χ0) is 13.6. The van der Waals surface area contributed by atoms with Gasteiger partial charge in [0.2, 0.25) is 0 Å². The number of H-pyrrole nitrogens is 1. The van der Waals surface area contributed by atoms with Gasteiger partial charge in [0.25, 0.3) is 5.91 Å². The van der Waals surface area contributed by atoms with E-state index in [2.05, 4.69) is 22.4 Å². The smallest absolute Gasteiger partial charge is 0.274 e. The molecule has 1 heterocycles. The Labute approximate surface area is 113 Å². The van der Waals surface area contributed by atoms with Crippen LogP contribution < -0.4 is 11.1 Å². The summed E-state index contributed by atoms with van der Waals surface area (Å²) in [6.07, 6.45) is 5.34. The number of carbonyl (C=O) groups is 1. The lowest BCUT2D eigenvalue weighted by molar-refractivity contribution is 0.0911. The van der Waals surface area contributed by atoms with Crippen molar-refractivity contribution in [3.05, 3.63) is 11.4 Å². The number of nitrogens with one attached hydrogen (secondary N) is 2. The summed E-state index contributed by atoms with van der Waals surface area (Å²) in [7, 11) is 0. The van der Waals surface area contributed by atoms with Crippen LogP contribution in [0.3, 0.4) is 0 Å². The highest BCUT2D eigenvalue weighted by molar-refractivity contribution is 5.97. The first-order valence-electron chi connectivity index (χ1n) is 7.17. The standard InChI is InChI=1S/C14H22N4O/c1-7(11-6-9-3-4-10(11)5-9)16-14(19)13-12(15)8(2)17-18-13/h7,9-11H,3-6,15H2,1-2H3,(H,16,19)(H,17,18). The van der Waals surface area contributed by atoms with E-state index in [1.807, 2.05) is 6.92 Å². The maximum atomic E-state index is 12.2. The quantitative estimate of drug-likeness (QED) is 0.777. The second-order valence-electron chi connectivity index (χ2n) is 6.21. The van der Waals surface area contributed by atoms with Gasteiger partial charge in [-0.05, 0) is 50.9 Å². The first-order chi connectivity index (χ1) is 9.06. The first kappa shape index (κ1) is 12.5. The second-order valence-corrected chi connectivity index (χ2v) is 6.21. The third kappa shape index (κ3) is 2.11. The molecule has 0 radical (unpaired) electrons. The van der Waals surface area contributed by atoms with Crippen LogP contribution in [0.5, 0.6) is 0 Å². The number of fused-ring (bicyclic) bond motifs is 2. The van der Waals surface area contributed by atoms with Crippen molar-refractivity contribution in [2.75, 3.05) is 5.73 Å². The minimum atomic E-state index is -0.155. The number of hydrogen-bond acceptors (Lipinski definition) is 3. The summed E-state index contributed by atoms with van der Waals surface area (Å²) in [6, 6.07) is 0.208. The molecule has 2 saturated carbocycles. The van der Waals surface area contributed by atoms with Crippen molar-refractivity contribution in [3.63, 3.8) is 0 Å². The highest BCUT2D eigenvalue weighted by Gasteiger charge is 2.42. The third-order valence-corrected chi connectivity index (χ3v) is 5.00. The SMILES string of the molecule is Cc1[nH]nc(C(=O)NC(C)C2CC3CCC2C3)c1N. The van der Waals surface area contributed by atoms with Crippen LogP contribution in [-0.4, -0.2) is 22.1 Å². The fourth-order valence-electron chi connectivity index (χ4n) is 3.90. The van der Waals surface area contributed by atoms with Crippen molar-refractivity contribution < 1.29 is 4.79 Å². The molecule has 4 unspecified atom stereocenters. The highest BCUT2D eigenvalue weighted by atomic mass is 16.2. The third-order valence-electron chi connectivity index (χ3n) is 5.00. The molecule has 5 nitrogen and oxygen atoms in total. The van der Waals surface area contributed by atoms with Crippen molar-refractivity contribution in [1.29, 1.82) is 0 Å². The Bertz CT molecular complexity index is 496. The number of hydrogen-bond donors (Lipinski definition) is 3. The van der Waals surface area contributed by atoms with Gasteiger partial charge in [0.05, 0.1) is 11.4 Å². The summed E-state index contributed by atoms with van der Waals surface area (Å²) in [4.78, 5) is 12.2. The van der Waals surface area contributed by atoms with Crippen molar-refractivity contribution in [2.45, 2.75) is 45.6 Å². The van der Waals surface area contributed by atoms with E-state index in [4.69, 9.17) is 5.73 Å². The van der Waals surface area contributed by atoms with E-state index in [-0.39, 0.29) is 11.9 Å². The molecule has 5 heteroatoms. The molecule has 2 bridgehead atoms. The Morgan fingerprint density at radius 1 is 1.47 bits per heavy atom. The molecule has 4 atom stereocenters. The number of aryl methyl sites for hydroxylation is 1. The van der Waals surface area contributed by atoms with E-state index in [9.17, 15) is 4.79 Å². The topological polar surface area (TPSA) is 83.8 Å². The molecule has 2 fully saturated rings. The lowest BCUT2D eigenvalue weighted by Gasteiger charge is -2.28. The van der Waals surface area contributed by atoms with E-state index in [1.165, 1.54) is 25.7 Å². The number of nitrogens with zero attached hydrogens (tertiary/aromatic N) is 1. The summed E-state index contributed by atoms with van der Waals surface area (Å²) in [5.74, 6) is 2.17. The van der Waals surface area contributed by atoms with Gasteiger partial charge < -0.3 is 11.1 Å². The first-order valence-corrected chi connectivity index (χ1v) is 7.17. The maximum Gasteiger partial charge on any atom is 0.274 e. The van der Waals surface area contributed by atoms with Crippen molar-refractivity contribution >= 4 is 11.6 Å². The van der Waals surface area contributed by atoms with Crippen molar-refractivity contribution in [1.82, 2.24) is 15.5 Å². The molecule has 0 saturated heterocycles. The van der Waals surface area contributed by atoms with Gasteiger partial charge in [0.15, 0.2) is 5.69 Å². The summed E-state index contributed by atoms with van der Waals surface area (Å²) in [6.45, 7) is 3.93. The zero-order valence-electron chi connectivity index (χ0n) is 11.6. The molecule has 1 aromatic rings. The van der Waals surface area contributed by atoms with Gasteiger partial charge >= 0.3 is 0 Å². The number of anilines is 1. The molecule has 1 aromatic heterocycles. The number of carbonyl (C=O) groups excluding carboxylic acids is 1. The zero-order valence-corrected chi connectivity index (χ0v) is 11.6. The van der Waals surface area contributed by atoms with Gasteiger partial charge in [-0.15, -0.1) is 0 Å². The summed E-state index contributed by atoms with van der Waals surface area (Å²) < 4.78 is 0. The second kappa shape index (κ2) is 4.54. The number of nitrogen functional groups attached to an aromatic ring is 1. The molecule has 0 aliphatic heterocycles. The lowest BCUT2D eigenvalue weighted by Crippen LogP contribution is -2.40. The van der Waals surface area contributed by atoms with Crippen LogP contribution in [0.4, 0.5) is 5.69 Å². The number of amides is 1. The largest absolute Gasteiger partial charge is 0.395 e. The fraction of sp³-hybridized carbons (Fsp3) is 0.714. The van der Waals surface area contributed by atoms with Gasteiger partial charge in [-0.25, -0.2) is 0 Å². The maximum absolute atomic E-state index is 12.2. The van der Waals surface area contributed by atoms with Crippen LogP contribution in [0.1, 0.15) is 48.8 Å². The van der Waals surface area contributed by atoms with E-state index < -0.39 is 0 Å². The molecule has 19 heavy (non-hydrogen) atoms. The fourth-order valence-corrected chi connectivity index (χ4v) is 3.90. The van der Waals surface area contributed by atoms with E-state index >= 15 is 0 Å². The van der Waals surface area contributed by atoms with E-state index in [0.29, 0.717) is 17.3 Å². The normalized spacial score (nSPS) is 30.5. The number of rotatable bonds is 3. The van der Waals surface area contributed by atoms with Crippen LogP contribution in [-0.2, 0) is 0 Å². The number of aromatic amines is 1. The summed E-state index contributed by atoms with van der Waals surface area (Å²) >= 11 is 0. The van der Waals surface area contributed by atoms with E-state index in [1.54, 1.807) is 0 Å². The molecule has 1 amide bonds. The molecule has 2 aliphatic carbocycles. The van der Waals surface area contributed by atoms with Crippen LogP contribution in [0.2, 0.25) is 0 Å². The summed E-state index contributed by atoms with van der Waals surface area (Å²) in [5.41, 5.74) is 7.37. The van der Waals surface area contributed by atoms with Crippen LogP contribution in [0.25, 0.3) is 0 Å². The van der Waals surface area contributed by atoms with Gasteiger partial charge in [-0.1, -0.05) is 6.42 Å². The Balaban J connectivity index is 1.65. The minimum Gasteiger partial charge on any atom is -0.395 e.